The van der Waals surface area contributed by atoms with E-state index in [1.54, 1.807) is 12.4 Å². The Bertz CT molecular complexity index is 733. The van der Waals surface area contributed by atoms with E-state index < -0.39 is 0 Å². The summed E-state index contributed by atoms with van der Waals surface area (Å²) in [6, 6.07) is 10.5. The number of alkyl halides is 1. The molecule has 20 heavy (non-hydrogen) atoms. The van der Waals surface area contributed by atoms with Crippen LogP contribution in [0.4, 0.5) is 0 Å². The maximum atomic E-state index is 6.04. The van der Waals surface area contributed by atoms with Gasteiger partial charge in [0.1, 0.15) is 11.3 Å². The van der Waals surface area contributed by atoms with Crippen molar-refractivity contribution in [1.82, 2.24) is 14.5 Å². The van der Waals surface area contributed by atoms with Crippen LogP contribution in [0.5, 0.6) is 0 Å². The van der Waals surface area contributed by atoms with Crippen LogP contribution in [0.3, 0.4) is 0 Å². The summed E-state index contributed by atoms with van der Waals surface area (Å²) >= 11 is 6.04. The first-order valence-corrected chi connectivity index (χ1v) is 7.28. The minimum absolute atomic E-state index is 0.406. The number of nitrogens with zero attached hydrogens (tertiary/aromatic N) is 3. The molecule has 1 aromatic carbocycles. The lowest BCUT2D eigenvalue weighted by Crippen LogP contribution is -2.06. The number of rotatable bonds is 4. The van der Waals surface area contributed by atoms with Crippen LogP contribution in [-0.4, -0.2) is 14.5 Å². The van der Waals surface area contributed by atoms with Gasteiger partial charge in [-0.1, -0.05) is 31.2 Å². The van der Waals surface area contributed by atoms with Crippen LogP contribution in [-0.2, 0) is 18.8 Å². The normalized spacial score (nSPS) is 11.1. The van der Waals surface area contributed by atoms with Gasteiger partial charge in [0.15, 0.2) is 0 Å². The summed E-state index contributed by atoms with van der Waals surface area (Å²) in [7, 11) is 0. The minimum Gasteiger partial charge on any atom is -0.322 e. The predicted octanol–water partition coefficient (Wildman–Crippen LogP) is 3.78. The van der Waals surface area contributed by atoms with Crippen molar-refractivity contribution in [3.05, 3.63) is 59.7 Å². The number of aryl methyl sites for hydroxylation is 1. The summed E-state index contributed by atoms with van der Waals surface area (Å²) in [4.78, 5) is 8.67. The van der Waals surface area contributed by atoms with Gasteiger partial charge in [0.25, 0.3) is 0 Å². The number of hydrogen-bond acceptors (Lipinski definition) is 2. The van der Waals surface area contributed by atoms with E-state index in [2.05, 4.69) is 45.7 Å². The van der Waals surface area contributed by atoms with Gasteiger partial charge >= 0.3 is 0 Å². The predicted molar refractivity (Wildman–Crippen MR) is 82.0 cm³/mol. The maximum Gasteiger partial charge on any atom is 0.125 e. The molecule has 0 bridgehead atoms. The van der Waals surface area contributed by atoms with Gasteiger partial charge in [-0.25, -0.2) is 4.98 Å². The molecule has 4 heteroatoms. The van der Waals surface area contributed by atoms with E-state index in [9.17, 15) is 0 Å². The molecule has 0 N–H and O–H groups in total. The fraction of sp³-hybridized carbons (Fsp3) is 0.250. The molecule has 0 spiro atoms. The lowest BCUT2D eigenvalue weighted by Gasteiger charge is -2.11. The Morgan fingerprint density at radius 3 is 2.70 bits per heavy atom. The second kappa shape index (κ2) is 5.63. The average molecular weight is 286 g/mol. The summed E-state index contributed by atoms with van der Waals surface area (Å²) in [5.41, 5.74) is 4.67. The zero-order chi connectivity index (χ0) is 13.9. The molecule has 0 fully saturated rings. The molecule has 0 aliphatic rings. The van der Waals surface area contributed by atoms with Crippen LogP contribution in [0, 0.1) is 0 Å². The molecule has 0 saturated heterocycles. The number of pyridine rings is 1. The van der Waals surface area contributed by atoms with Crippen LogP contribution in [0.1, 0.15) is 23.9 Å². The lowest BCUT2D eigenvalue weighted by molar-refractivity contribution is 0.770. The van der Waals surface area contributed by atoms with Crippen molar-refractivity contribution in [1.29, 1.82) is 0 Å². The van der Waals surface area contributed by atoms with Gasteiger partial charge in [-0.3, -0.25) is 4.98 Å². The summed E-state index contributed by atoms with van der Waals surface area (Å²) < 4.78 is 2.18. The number of halogens is 1. The van der Waals surface area contributed by atoms with E-state index in [1.165, 1.54) is 11.1 Å². The smallest absolute Gasteiger partial charge is 0.125 e. The molecular formula is C16H16ClN3. The third-order valence-electron chi connectivity index (χ3n) is 3.58. The second-order valence-electron chi connectivity index (χ2n) is 4.73. The topological polar surface area (TPSA) is 30.7 Å². The maximum absolute atomic E-state index is 6.04. The van der Waals surface area contributed by atoms with Crippen LogP contribution in [0.2, 0.25) is 0 Å². The Kier molecular flexibility index (Phi) is 3.70. The number of aromatic nitrogens is 3. The van der Waals surface area contributed by atoms with Gasteiger partial charge in [-0.15, -0.1) is 11.6 Å². The Balaban J connectivity index is 2.10. The zero-order valence-corrected chi connectivity index (χ0v) is 12.1. The SMILES string of the molecule is CCc1ccccc1Cn1c(CCl)nc2cnccc21. The highest BCUT2D eigenvalue weighted by Gasteiger charge is 2.11. The fourth-order valence-corrected chi connectivity index (χ4v) is 2.74. The van der Waals surface area contributed by atoms with E-state index in [-0.39, 0.29) is 0 Å². The average Bonchev–Trinajstić information content (AvgIpc) is 2.86. The first-order valence-electron chi connectivity index (χ1n) is 6.75. The van der Waals surface area contributed by atoms with Crippen LogP contribution in [0.15, 0.2) is 42.7 Å². The summed E-state index contributed by atoms with van der Waals surface area (Å²) in [6.45, 7) is 2.98. The Hall–Kier alpha value is -1.87. The first-order chi connectivity index (χ1) is 9.83. The van der Waals surface area contributed by atoms with E-state index >= 15 is 0 Å². The molecule has 3 rings (SSSR count). The minimum atomic E-state index is 0.406. The third-order valence-corrected chi connectivity index (χ3v) is 3.82. The number of fused-ring (bicyclic) bond motifs is 1. The highest BCUT2D eigenvalue weighted by Crippen LogP contribution is 2.20. The first kappa shape index (κ1) is 13.1. The van der Waals surface area contributed by atoms with Crippen LogP contribution in [0.25, 0.3) is 11.0 Å². The highest BCUT2D eigenvalue weighted by atomic mass is 35.5. The molecular weight excluding hydrogens is 270 g/mol. The monoisotopic (exact) mass is 285 g/mol. The third kappa shape index (κ3) is 2.29. The molecule has 0 radical (unpaired) electrons. The molecule has 0 saturated carbocycles. The molecule has 3 nitrogen and oxygen atoms in total. The number of hydrogen-bond donors (Lipinski definition) is 0. The molecule has 0 aliphatic carbocycles. The Morgan fingerprint density at radius 2 is 1.95 bits per heavy atom. The van der Waals surface area contributed by atoms with Crippen molar-refractivity contribution >= 4 is 22.6 Å². The molecule has 0 unspecified atom stereocenters. The molecule has 3 aromatic rings. The van der Waals surface area contributed by atoms with E-state index in [0.717, 1.165) is 29.8 Å². The Morgan fingerprint density at radius 1 is 1.15 bits per heavy atom. The second-order valence-corrected chi connectivity index (χ2v) is 5.00. The molecule has 102 valence electrons. The van der Waals surface area contributed by atoms with Gasteiger partial charge < -0.3 is 4.57 Å². The largest absolute Gasteiger partial charge is 0.322 e. The van der Waals surface area contributed by atoms with Crippen molar-refractivity contribution in [3.8, 4) is 0 Å². The number of benzene rings is 1. The van der Waals surface area contributed by atoms with Gasteiger partial charge in [0, 0.05) is 12.7 Å². The van der Waals surface area contributed by atoms with E-state index in [0.29, 0.717) is 5.88 Å². The van der Waals surface area contributed by atoms with E-state index in [1.807, 2.05) is 6.07 Å². The fourth-order valence-electron chi connectivity index (χ4n) is 2.54. The van der Waals surface area contributed by atoms with Crippen molar-refractivity contribution in [2.24, 2.45) is 0 Å². The summed E-state index contributed by atoms with van der Waals surface area (Å²) in [6.07, 6.45) is 4.61. The van der Waals surface area contributed by atoms with Crippen molar-refractivity contribution < 1.29 is 0 Å². The van der Waals surface area contributed by atoms with Gasteiger partial charge in [0.2, 0.25) is 0 Å². The molecule has 0 aliphatic heterocycles. The van der Waals surface area contributed by atoms with Crippen LogP contribution < -0.4 is 0 Å². The van der Waals surface area contributed by atoms with Crippen molar-refractivity contribution in [2.75, 3.05) is 0 Å². The molecule has 0 atom stereocenters. The molecule has 0 amide bonds. The summed E-state index contributed by atoms with van der Waals surface area (Å²) in [5, 5.41) is 0. The highest BCUT2D eigenvalue weighted by molar-refractivity contribution is 6.16. The quantitative estimate of drug-likeness (QED) is 0.683. The standard InChI is InChI=1S/C16H16ClN3/c1-2-12-5-3-4-6-13(12)11-20-15-7-8-18-10-14(15)19-16(20)9-17/h3-8,10H,2,9,11H2,1H3. The van der Waals surface area contributed by atoms with E-state index in [4.69, 9.17) is 11.6 Å². The summed E-state index contributed by atoms with van der Waals surface area (Å²) in [5.74, 6) is 1.30. The zero-order valence-electron chi connectivity index (χ0n) is 11.4. The van der Waals surface area contributed by atoms with Crippen molar-refractivity contribution in [2.45, 2.75) is 25.8 Å². The van der Waals surface area contributed by atoms with Gasteiger partial charge in [-0.2, -0.15) is 0 Å². The van der Waals surface area contributed by atoms with Gasteiger partial charge in [-0.05, 0) is 23.6 Å². The molecule has 2 heterocycles. The Labute approximate surface area is 123 Å². The van der Waals surface area contributed by atoms with Crippen LogP contribution >= 0.6 is 11.6 Å². The van der Waals surface area contributed by atoms with Crippen molar-refractivity contribution in [3.63, 3.8) is 0 Å². The molecule has 2 aromatic heterocycles. The van der Waals surface area contributed by atoms with Gasteiger partial charge in [0.05, 0.1) is 17.6 Å². The number of imidazole rings is 1. The lowest BCUT2D eigenvalue weighted by atomic mass is 10.1.